The van der Waals surface area contributed by atoms with E-state index in [0.717, 1.165) is 5.65 Å². The molecule has 0 atom stereocenters. The normalized spacial score (nSPS) is 11.5. The van der Waals surface area contributed by atoms with Crippen LogP contribution in [0.15, 0.2) is 12.4 Å². The minimum absolute atomic E-state index is 0.294. The van der Waals surface area contributed by atoms with Gasteiger partial charge in [-0.3, -0.25) is 0 Å². The highest BCUT2D eigenvalue weighted by Gasteiger charge is 2.10. The van der Waals surface area contributed by atoms with Crippen LogP contribution < -0.4 is 0 Å². The van der Waals surface area contributed by atoms with Crippen molar-refractivity contribution in [1.29, 1.82) is 0 Å². The van der Waals surface area contributed by atoms with Crippen molar-refractivity contribution in [2.24, 2.45) is 0 Å². The van der Waals surface area contributed by atoms with Crippen LogP contribution in [0.3, 0.4) is 0 Å². The maximum Gasteiger partial charge on any atom is 0.163 e. The first-order valence-corrected chi connectivity index (χ1v) is 5.03. The molecule has 0 saturated carbocycles. The fraction of sp³-hybridized carbons (Fsp3) is 0.333. The summed E-state index contributed by atoms with van der Waals surface area (Å²) in [4.78, 5) is 8.39. The van der Waals surface area contributed by atoms with Gasteiger partial charge in [0.05, 0.1) is 11.3 Å². The minimum atomic E-state index is 0.294. The molecule has 0 saturated heterocycles. The van der Waals surface area contributed by atoms with E-state index >= 15 is 0 Å². The summed E-state index contributed by atoms with van der Waals surface area (Å²) in [5.74, 6) is 0. The van der Waals surface area contributed by atoms with Gasteiger partial charge in [0, 0.05) is 6.04 Å². The van der Waals surface area contributed by atoms with Gasteiger partial charge in [-0.1, -0.05) is 23.2 Å². The molecule has 2 aromatic rings. The monoisotopic (exact) mass is 229 g/mol. The molecule has 2 heterocycles. The van der Waals surface area contributed by atoms with Crippen molar-refractivity contribution in [3.63, 3.8) is 0 Å². The van der Waals surface area contributed by atoms with Crippen LogP contribution in [0.4, 0.5) is 0 Å². The van der Waals surface area contributed by atoms with E-state index in [1.165, 1.54) is 0 Å². The third kappa shape index (κ3) is 1.47. The Bertz CT molecular complexity index is 476. The van der Waals surface area contributed by atoms with E-state index in [1.807, 2.05) is 4.57 Å². The van der Waals surface area contributed by atoms with Crippen LogP contribution in [0.1, 0.15) is 19.9 Å². The van der Waals surface area contributed by atoms with Gasteiger partial charge in [-0.25, -0.2) is 9.97 Å². The quantitative estimate of drug-likeness (QED) is 0.703. The fourth-order valence-corrected chi connectivity index (χ4v) is 1.80. The molecule has 0 bridgehead atoms. The summed E-state index contributed by atoms with van der Waals surface area (Å²) < 4.78 is 1.94. The highest BCUT2D eigenvalue weighted by atomic mass is 35.5. The second-order valence-corrected chi connectivity index (χ2v) is 4.14. The Labute approximate surface area is 91.7 Å². The Balaban J connectivity index is 2.78. The summed E-state index contributed by atoms with van der Waals surface area (Å²) in [6.45, 7) is 4.11. The molecule has 0 fully saturated rings. The van der Waals surface area contributed by atoms with E-state index in [9.17, 15) is 0 Å². The van der Waals surface area contributed by atoms with Gasteiger partial charge in [0.15, 0.2) is 5.65 Å². The molecule has 0 amide bonds. The number of hydrogen-bond donors (Lipinski definition) is 0. The molecular weight excluding hydrogens is 221 g/mol. The Morgan fingerprint density at radius 1 is 1.36 bits per heavy atom. The van der Waals surface area contributed by atoms with Crippen molar-refractivity contribution >= 4 is 34.4 Å². The molecule has 2 aromatic heterocycles. The van der Waals surface area contributed by atoms with Gasteiger partial charge < -0.3 is 4.57 Å². The van der Waals surface area contributed by atoms with Gasteiger partial charge in [0.1, 0.15) is 10.7 Å². The van der Waals surface area contributed by atoms with E-state index in [4.69, 9.17) is 23.2 Å². The lowest BCUT2D eigenvalue weighted by atomic mass is 10.4. The van der Waals surface area contributed by atoms with Crippen LogP contribution >= 0.6 is 23.2 Å². The first kappa shape index (κ1) is 9.74. The third-order valence-electron chi connectivity index (χ3n) is 2.01. The number of fused-ring (bicyclic) bond motifs is 1. The van der Waals surface area contributed by atoms with E-state index in [1.54, 1.807) is 12.4 Å². The molecule has 2 rings (SSSR count). The minimum Gasteiger partial charge on any atom is -0.313 e. The summed E-state index contributed by atoms with van der Waals surface area (Å²) in [6, 6.07) is 1.89. The predicted octanol–water partition coefficient (Wildman–Crippen LogP) is 3.32. The number of imidazole rings is 1. The lowest BCUT2D eigenvalue weighted by molar-refractivity contribution is 0.613. The van der Waals surface area contributed by atoms with Crippen LogP contribution in [0.25, 0.3) is 11.2 Å². The van der Waals surface area contributed by atoms with Crippen molar-refractivity contribution in [2.75, 3.05) is 0 Å². The lowest BCUT2D eigenvalue weighted by Crippen LogP contribution is -1.99. The number of aromatic nitrogens is 3. The maximum absolute atomic E-state index is 5.98. The lowest BCUT2D eigenvalue weighted by Gasteiger charge is -2.06. The first-order chi connectivity index (χ1) is 6.59. The second kappa shape index (κ2) is 3.41. The molecule has 0 spiro atoms. The summed E-state index contributed by atoms with van der Waals surface area (Å²) in [5, 5.41) is 0.935. The summed E-state index contributed by atoms with van der Waals surface area (Å²) in [5.41, 5.74) is 1.43. The largest absolute Gasteiger partial charge is 0.313 e. The van der Waals surface area contributed by atoms with Crippen LogP contribution in [-0.2, 0) is 0 Å². The number of hydrogen-bond acceptors (Lipinski definition) is 2. The highest BCUT2D eigenvalue weighted by Crippen LogP contribution is 2.25. The summed E-state index contributed by atoms with van der Waals surface area (Å²) in [6.07, 6.45) is 1.73. The molecule has 74 valence electrons. The van der Waals surface area contributed by atoms with Gasteiger partial charge in [0.25, 0.3) is 0 Å². The molecule has 3 nitrogen and oxygen atoms in total. The van der Waals surface area contributed by atoms with Gasteiger partial charge in [-0.15, -0.1) is 0 Å². The topological polar surface area (TPSA) is 30.7 Å². The molecule has 0 aromatic carbocycles. The number of halogens is 2. The average Bonchev–Trinajstić information content (AvgIpc) is 2.47. The zero-order chi connectivity index (χ0) is 10.3. The zero-order valence-electron chi connectivity index (χ0n) is 7.83. The smallest absolute Gasteiger partial charge is 0.163 e. The Morgan fingerprint density at radius 2 is 2.07 bits per heavy atom. The second-order valence-electron chi connectivity index (χ2n) is 3.34. The SMILES string of the molecule is CC(C)n1cnc2c(Cl)cc(Cl)nc21. The van der Waals surface area contributed by atoms with E-state index in [-0.39, 0.29) is 0 Å². The fourth-order valence-electron chi connectivity index (χ4n) is 1.32. The van der Waals surface area contributed by atoms with Crippen molar-refractivity contribution in [2.45, 2.75) is 19.9 Å². The highest BCUT2D eigenvalue weighted by molar-refractivity contribution is 6.37. The average molecular weight is 230 g/mol. The molecular formula is C9H9Cl2N3. The number of nitrogens with zero attached hydrogens (tertiary/aromatic N) is 3. The molecule has 0 unspecified atom stereocenters. The van der Waals surface area contributed by atoms with Crippen molar-refractivity contribution in [3.05, 3.63) is 22.6 Å². The van der Waals surface area contributed by atoms with Crippen molar-refractivity contribution < 1.29 is 0 Å². The Hall–Kier alpha value is -0.800. The standard InChI is InChI=1S/C9H9Cl2N3/c1-5(2)14-4-12-8-6(10)3-7(11)13-9(8)14/h3-5H,1-2H3. The molecule has 0 radical (unpaired) electrons. The molecule has 0 aliphatic heterocycles. The zero-order valence-corrected chi connectivity index (χ0v) is 9.34. The van der Waals surface area contributed by atoms with Gasteiger partial charge in [-0.05, 0) is 19.9 Å². The van der Waals surface area contributed by atoms with Crippen LogP contribution in [0.2, 0.25) is 10.2 Å². The van der Waals surface area contributed by atoms with Gasteiger partial charge in [0.2, 0.25) is 0 Å². The maximum atomic E-state index is 5.98. The third-order valence-corrected chi connectivity index (χ3v) is 2.49. The van der Waals surface area contributed by atoms with Crippen LogP contribution in [0, 0.1) is 0 Å². The van der Waals surface area contributed by atoms with Crippen LogP contribution in [0.5, 0.6) is 0 Å². The number of pyridine rings is 1. The first-order valence-electron chi connectivity index (χ1n) is 4.28. The molecule has 0 N–H and O–H groups in total. The molecule has 0 aliphatic carbocycles. The predicted molar refractivity (Wildman–Crippen MR) is 57.9 cm³/mol. The van der Waals surface area contributed by atoms with E-state index in [2.05, 4.69) is 23.8 Å². The molecule has 14 heavy (non-hydrogen) atoms. The van der Waals surface area contributed by atoms with Crippen molar-refractivity contribution in [3.8, 4) is 0 Å². The Kier molecular flexibility index (Phi) is 2.37. The summed E-state index contributed by atoms with van der Waals surface area (Å²) >= 11 is 11.8. The van der Waals surface area contributed by atoms with Gasteiger partial charge in [-0.2, -0.15) is 0 Å². The van der Waals surface area contributed by atoms with Gasteiger partial charge >= 0.3 is 0 Å². The Morgan fingerprint density at radius 3 is 2.71 bits per heavy atom. The van der Waals surface area contributed by atoms with Crippen LogP contribution in [-0.4, -0.2) is 14.5 Å². The van der Waals surface area contributed by atoms with E-state index in [0.29, 0.717) is 21.7 Å². The molecule has 0 aliphatic rings. The number of rotatable bonds is 1. The summed E-state index contributed by atoms with van der Waals surface area (Å²) in [7, 11) is 0. The van der Waals surface area contributed by atoms with Crippen molar-refractivity contribution in [1.82, 2.24) is 14.5 Å². The van der Waals surface area contributed by atoms with E-state index < -0.39 is 0 Å². The molecule has 5 heteroatoms.